The Kier molecular flexibility index (Phi) is 29.9. The molecule has 0 atom stereocenters. The van der Waals surface area contributed by atoms with E-state index in [9.17, 15) is 76.6 Å². The van der Waals surface area contributed by atoms with Gasteiger partial charge in [0.2, 0.25) is 5.91 Å². The van der Waals surface area contributed by atoms with Gasteiger partial charge < -0.3 is 47.3 Å². The first-order valence-electron chi connectivity index (χ1n) is 29.5. The van der Waals surface area contributed by atoms with Crippen LogP contribution in [-0.4, -0.2) is 83.5 Å². The number of carbonyl (C=O) groups is 4. The number of carbonyl (C=O) groups excluding carboxylic acids is 4. The second kappa shape index (κ2) is 38.3. The minimum absolute atomic E-state index is 0.0156. The lowest BCUT2D eigenvalue weighted by molar-refractivity contribution is -0.383. The van der Waals surface area contributed by atoms with Crippen LogP contribution >= 0.6 is 11.6 Å². The molecule has 0 aliphatic carbocycles. The topological polar surface area (TPSA) is 401 Å². The van der Waals surface area contributed by atoms with Crippen LogP contribution in [0.5, 0.6) is 0 Å². The van der Waals surface area contributed by atoms with Gasteiger partial charge in [0, 0.05) is 106 Å². The molecule has 33 heteroatoms. The zero-order valence-corrected chi connectivity index (χ0v) is 54.2. The molecular formula is C68H59ClF3N7O22. The highest BCUT2D eigenvalue weighted by molar-refractivity contribution is 6.31. The van der Waals surface area contributed by atoms with Gasteiger partial charge in [-0.3, -0.25) is 58.6 Å². The normalized spacial score (nSPS) is 10.4. The van der Waals surface area contributed by atoms with Crippen molar-refractivity contribution in [2.24, 2.45) is 0 Å². The maximum Gasteiger partial charge on any atom is 0.417 e. The number of aliphatic hydroxyl groups is 1. The van der Waals surface area contributed by atoms with Gasteiger partial charge in [-0.2, -0.15) is 13.2 Å². The summed E-state index contributed by atoms with van der Waals surface area (Å²) in [6, 6.07) is 39.9. The van der Waals surface area contributed by atoms with Crippen LogP contribution in [0.4, 0.5) is 30.2 Å². The number of pyridine rings is 4. The highest BCUT2D eigenvalue weighted by atomic mass is 35.5. The predicted octanol–water partition coefficient (Wildman–Crippen LogP) is 10.3. The Bertz CT molecular complexity index is 4980. The van der Waals surface area contributed by atoms with E-state index in [-0.39, 0.29) is 108 Å². The van der Waals surface area contributed by atoms with Crippen LogP contribution < -0.4 is 33.2 Å². The number of nitro benzene ring substituents is 2. The van der Waals surface area contributed by atoms with Crippen molar-refractivity contribution in [3.8, 4) is 0 Å². The van der Waals surface area contributed by atoms with E-state index < -0.39 is 50.4 Å². The molecule has 0 saturated carbocycles. The predicted molar refractivity (Wildman–Crippen MR) is 368 cm³/mol. The molecule has 6 aromatic carbocycles. The number of nitrogens with zero attached hydrogens (tertiary/aromatic N) is 6. The van der Waals surface area contributed by atoms with Crippen LogP contribution in [0.2, 0.25) is 5.02 Å². The number of nitrogens with one attached hydrogen (secondary N) is 1. The Hall–Kier alpha value is -12.7. The van der Waals surface area contributed by atoms with E-state index in [0.29, 0.717) is 44.5 Å². The number of benzene rings is 6. The number of alkyl halides is 3. The first kappa shape index (κ1) is 79.0. The number of halogens is 4. The first-order valence-corrected chi connectivity index (χ1v) is 29.9. The zero-order valence-electron chi connectivity index (χ0n) is 53.4. The van der Waals surface area contributed by atoms with Crippen LogP contribution in [0.3, 0.4) is 0 Å². The number of hydrogen-bond acceptors (Lipinski definition) is 22. The lowest BCUT2D eigenvalue weighted by Crippen LogP contribution is -2.23. The fourth-order valence-corrected chi connectivity index (χ4v) is 9.82. The molecule has 5 heterocycles. The van der Waals surface area contributed by atoms with Gasteiger partial charge in [-0.25, -0.2) is 4.79 Å². The van der Waals surface area contributed by atoms with E-state index in [2.05, 4.69) is 9.73 Å². The number of aliphatic hydroxyl groups excluding tert-OH is 1. The number of fused-ring (bicyclic) bond motifs is 5. The number of rotatable bonds is 16. The Morgan fingerprint density at radius 1 is 0.505 bits per heavy atom. The minimum Gasteiger partial charge on any atom is -0.464 e. The number of amides is 1. The lowest BCUT2D eigenvalue weighted by Gasteiger charge is -2.13. The van der Waals surface area contributed by atoms with Crippen molar-refractivity contribution in [3.05, 3.63) is 291 Å². The van der Waals surface area contributed by atoms with Crippen LogP contribution in [0.25, 0.3) is 53.9 Å². The molecular weight excluding hydrogens is 1360 g/mol. The smallest absolute Gasteiger partial charge is 0.417 e. The second-order valence-corrected chi connectivity index (χ2v) is 21.1. The van der Waals surface area contributed by atoms with Gasteiger partial charge in [-0.1, -0.05) is 72.3 Å². The highest BCUT2D eigenvalue weighted by Gasteiger charge is 2.33. The standard InChI is InChI=1S/C22H18ClF3N2O4.2C13H12N2O5.C11H11NO2.C9H6O2.2O2/c1-13(29)32-10-9-28-8-7-15-16(21(28)31)3-2-4-19(15)27-20(30)12-14-5-6-18(23)17(11-14)22(24,25)26;2*1-9(16)20-8-7-14-6-5-10-11(13(14)17)3-2-4-12(10)15(18)19;13-8-7-12-6-5-9-3-1-2-4-10(9)11(12)14;10-9-8-4-2-1-3-7(8)5-6-11-9;2*1-2/h2-8,11H,9-10,12H2,1H3,(H,27,30);2*2-6H,7-8H2,1H3;1-6,13H,7-8H2;1-6H;;. The fourth-order valence-electron chi connectivity index (χ4n) is 9.59. The molecule has 0 spiro atoms. The first-order chi connectivity index (χ1) is 48.3. The Morgan fingerprint density at radius 2 is 0.901 bits per heavy atom. The molecule has 0 aliphatic rings. The molecule has 0 unspecified atom stereocenters. The van der Waals surface area contributed by atoms with E-state index in [4.69, 9.17) is 50.8 Å². The Balaban J connectivity index is 0.000000234. The van der Waals surface area contributed by atoms with Crippen molar-refractivity contribution in [1.82, 2.24) is 18.3 Å². The molecule has 11 aromatic rings. The molecule has 0 bridgehead atoms. The molecule has 5 aromatic heterocycles. The van der Waals surface area contributed by atoms with Gasteiger partial charge in [0.15, 0.2) is 0 Å². The van der Waals surface area contributed by atoms with Crippen molar-refractivity contribution < 1.29 is 65.9 Å². The summed E-state index contributed by atoms with van der Waals surface area (Å²) >= 11 is 5.61. The molecule has 0 saturated heterocycles. The van der Waals surface area contributed by atoms with Gasteiger partial charge in [-0.15, -0.1) is 0 Å². The summed E-state index contributed by atoms with van der Waals surface area (Å²) in [5.74, 6) is -1.84. The van der Waals surface area contributed by atoms with Crippen molar-refractivity contribution in [2.75, 3.05) is 31.7 Å². The van der Waals surface area contributed by atoms with Crippen molar-refractivity contribution in [3.63, 3.8) is 0 Å². The fraction of sp³-hybridized carbons (Fsp3) is 0.191. The van der Waals surface area contributed by atoms with Gasteiger partial charge in [0.05, 0.1) is 86.3 Å². The molecule has 0 fully saturated rings. The third kappa shape index (κ3) is 22.2. The SMILES string of the molecule is CC(=O)OCCn1ccc2c(NC(=O)Cc3ccc(Cl)c(C(F)(F)F)c3)cccc2c1=O.CC(=O)OCCn1ccc2c([N+](=O)[O-])cccc2c1=O.CC(=O)OCCn1ccc2c([N+](=O)[O-])cccc2c1=O.O=O.O=O.O=c1c2ccccc2ccn1CCO.O=c1occc2ccccc12. The molecule has 526 valence electrons. The third-order valence-corrected chi connectivity index (χ3v) is 14.5. The molecule has 2 N–H and O–H groups in total. The highest BCUT2D eigenvalue weighted by Crippen LogP contribution is 2.35. The summed E-state index contributed by atoms with van der Waals surface area (Å²) < 4.78 is 63.8. The molecule has 11 rings (SSSR count). The van der Waals surface area contributed by atoms with Crippen molar-refractivity contribution in [2.45, 2.75) is 59.5 Å². The average Bonchev–Trinajstić information content (AvgIpc) is 0.801. The van der Waals surface area contributed by atoms with Gasteiger partial charge in [0.1, 0.15) is 19.8 Å². The van der Waals surface area contributed by atoms with Gasteiger partial charge in [-0.05, 0) is 95.2 Å². The van der Waals surface area contributed by atoms with Crippen molar-refractivity contribution >= 4 is 106 Å². The van der Waals surface area contributed by atoms with Crippen LogP contribution in [0.15, 0.2) is 211 Å². The number of ether oxygens (including phenoxy) is 3. The summed E-state index contributed by atoms with van der Waals surface area (Å²) in [4.78, 5) is 153. The van der Waals surface area contributed by atoms with Crippen LogP contribution in [0, 0.1) is 40.1 Å². The number of anilines is 1. The second-order valence-electron chi connectivity index (χ2n) is 20.7. The number of hydrogen-bond donors (Lipinski definition) is 2. The van der Waals surface area contributed by atoms with Gasteiger partial charge >= 0.3 is 29.7 Å². The van der Waals surface area contributed by atoms with E-state index in [1.807, 2.05) is 42.5 Å². The number of nitro groups is 2. The summed E-state index contributed by atoms with van der Waals surface area (Å²) in [6.07, 6.45) is 2.61. The van der Waals surface area contributed by atoms with E-state index in [0.717, 1.165) is 22.9 Å². The maximum atomic E-state index is 13.0. The Morgan fingerprint density at radius 3 is 1.35 bits per heavy atom. The maximum absolute atomic E-state index is 13.0. The quantitative estimate of drug-likeness (QED) is 0.0393. The minimum atomic E-state index is -4.63. The van der Waals surface area contributed by atoms with Crippen molar-refractivity contribution in [1.29, 1.82) is 0 Å². The third-order valence-electron chi connectivity index (χ3n) is 14.1. The molecule has 0 radical (unpaired) electrons. The molecule has 101 heavy (non-hydrogen) atoms. The van der Waals surface area contributed by atoms with Crippen LogP contribution in [0.1, 0.15) is 31.9 Å². The molecule has 29 nitrogen and oxygen atoms in total. The van der Waals surface area contributed by atoms with E-state index in [1.165, 1.54) is 118 Å². The molecule has 1 amide bonds. The Labute approximate surface area is 570 Å². The summed E-state index contributed by atoms with van der Waals surface area (Å²) in [5, 5.41) is 37.9. The summed E-state index contributed by atoms with van der Waals surface area (Å²) in [5.41, 5.74) is -2.08. The van der Waals surface area contributed by atoms with Crippen LogP contribution in [-0.2, 0) is 72.2 Å². The summed E-state index contributed by atoms with van der Waals surface area (Å²) in [6.45, 7) is 4.95. The monoisotopic (exact) mass is 1420 g/mol. The molecule has 0 aliphatic heterocycles. The van der Waals surface area contributed by atoms with E-state index >= 15 is 0 Å². The summed E-state index contributed by atoms with van der Waals surface area (Å²) in [7, 11) is 0. The van der Waals surface area contributed by atoms with Gasteiger partial charge in [0.25, 0.3) is 33.6 Å². The lowest BCUT2D eigenvalue weighted by atomic mass is 10.1. The number of non-ortho nitro benzene ring substituents is 2. The largest absolute Gasteiger partial charge is 0.464 e. The zero-order chi connectivity index (χ0) is 74.5. The average molecular weight is 1420 g/mol. The number of esters is 3. The number of aromatic nitrogens is 4. The van der Waals surface area contributed by atoms with E-state index in [1.54, 1.807) is 48.7 Å².